The average molecular weight is 412 g/mol. The first-order chi connectivity index (χ1) is 14.8. The molecule has 4 rings (SSSR count). The van der Waals surface area contributed by atoms with Gasteiger partial charge in [-0.15, -0.1) is 0 Å². The number of rotatable bonds is 4. The first kappa shape index (κ1) is 20.5. The predicted octanol–water partition coefficient (Wildman–Crippen LogP) is 4.99. The van der Waals surface area contributed by atoms with Gasteiger partial charge in [-0.3, -0.25) is 14.6 Å². The van der Waals surface area contributed by atoms with Crippen LogP contribution in [-0.2, 0) is 12.0 Å². The third kappa shape index (κ3) is 4.40. The van der Waals surface area contributed by atoms with E-state index in [1.54, 1.807) is 35.3 Å². The molecule has 0 radical (unpaired) electrons. The Hall–Kier alpha value is -3.73. The first-order valence-corrected chi connectivity index (χ1v) is 10.3. The fraction of sp³-hybridized carbons (Fsp3) is 0.192. The summed E-state index contributed by atoms with van der Waals surface area (Å²) in [6, 6.07) is 18.7. The van der Waals surface area contributed by atoms with E-state index in [4.69, 9.17) is 0 Å². The number of anilines is 1. The monoisotopic (exact) mass is 411 g/mol. The molecule has 0 saturated carbocycles. The van der Waals surface area contributed by atoms with Crippen molar-refractivity contribution in [1.29, 1.82) is 0 Å². The summed E-state index contributed by atoms with van der Waals surface area (Å²) in [5.74, 6) is -0.201. The van der Waals surface area contributed by atoms with Crippen molar-refractivity contribution < 1.29 is 4.79 Å². The van der Waals surface area contributed by atoms with Gasteiger partial charge in [0.05, 0.1) is 6.54 Å². The molecule has 1 amide bonds. The molecule has 2 aromatic carbocycles. The number of pyridine rings is 2. The van der Waals surface area contributed by atoms with Crippen molar-refractivity contribution in [2.45, 2.75) is 32.7 Å². The Morgan fingerprint density at radius 3 is 2.42 bits per heavy atom. The molecule has 0 unspecified atom stereocenters. The van der Waals surface area contributed by atoms with Gasteiger partial charge in [-0.1, -0.05) is 45.0 Å². The fourth-order valence-electron chi connectivity index (χ4n) is 3.56. The second kappa shape index (κ2) is 8.19. The summed E-state index contributed by atoms with van der Waals surface area (Å²) in [6.45, 7) is 6.86. The van der Waals surface area contributed by atoms with Gasteiger partial charge in [0, 0.05) is 40.6 Å². The van der Waals surface area contributed by atoms with E-state index in [2.05, 4.69) is 31.1 Å². The van der Waals surface area contributed by atoms with Gasteiger partial charge in [-0.25, -0.2) is 0 Å². The third-order valence-electron chi connectivity index (χ3n) is 5.36. The third-order valence-corrected chi connectivity index (χ3v) is 5.36. The summed E-state index contributed by atoms with van der Waals surface area (Å²) in [7, 11) is 0. The Labute approximate surface area is 181 Å². The van der Waals surface area contributed by atoms with Gasteiger partial charge in [0.2, 0.25) is 0 Å². The van der Waals surface area contributed by atoms with Gasteiger partial charge in [0.15, 0.2) is 0 Å². The highest BCUT2D eigenvalue weighted by atomic mass is 16.1. The molecule has 0 saturated heterocycles. The van der Waals surface area contributed by atoms with Crippen LogP contribution in [0, 0.1) is 0 Å². The van der Waals surface area contributed by atoms with Crippen molar-refractivity contribution in [2.75, 3.05) is 5.32 Å². The minimum Gasteiger partial charge on any atom is -0.321 e. The standard InChI is InChI=1S/C26H25N3O2/c1-26(2,3)20-11-9-19(10-12-20)24(30)28-23-8-4-7-22-21(23)13-15-29(25(22)31)17-18-6-5-14-27-16-18/h4-16H,17H2,1-3H3,(H,28,30). The zero-order chi connectivity index (χ0) is 22.0. The molecular weight excluding hydrogens is 386 g/mol. The van der Waals surface area contributed by atoms with Gasteiger partial charge in [-0.2, -0.15) is 0 Å². The Bertz CT molecular complexity index is 1280. The number of aromatic nitrogens is 2. The number of carbonyl (C=O) groups is 1. The largest absolute Gasteiger partial charge is 0.321 e. The smallest absolute Gasteiger partial charge is 0.258 e. The highest BCUT2D eigenvalue weighted by Crippen LogP contribution is 2.24. The lowest BCUT2D eigenvalue weighted by Crippen LogP contribution is -2.21. The van der Waals surface area contributed by atoms with E-state index >= 15 is 0 Å². The van der Waals surface area contributed by atoms with E-state index in [0.717, 1.165) is 10.9 Å². The number of nitrogens with zero attached hydrogens (tertiary/aromatic N) is 2. The highest BCUT2D eigenvalue weighted by Gasteiger charge is 2.15. The Morgan fingerprint density at radius 2 is 1.74 bits per heavy atom. The summed E-state index contributed by atoms with van der Waals surface area (Å²) in [5, 5.41) is 4.24. The number of hydrogen-bond donors (Lipinski definition) is 1. The Kier molecular flexibility index (Phi) is 5.42. The molecule has 4 aromatic rings. The highest BCUT2D eigenvalue weighted by molar-refractivity contribution is 6.09. The summed E-state index contributed by atoms with van der Waals surface area (Å²) >= 11 is 0. The van der Waals surface area contributed by atoms with Crippen LogP contribution in [0.15, 0.2) is 84.0 Å². The molecule has 0 spiro atoms. The Balaban J connectivity index is 1.62. The van der Waals surface area contributed by atoms with Crippen LogP contribution >= 0.6 is 0 Å². The van der Waals surface area contributed by atoms with Gasteiger partial charge < -0.3 is 9.88 Å². The molecule has 5 heteroatoms. The maximum absolute atomic E-state index is 13.0. The first-order valence-electron chi connectivity index (χ1n) is 10.3. The molecule has 156 valence electrons. The molecule has 2 heterocycles. The van der Waals surface area contributed by atoms with Crippen LogP contribution in [0.5, 0.6) is 0 Å². The van der Waals surface area contributed by atoms with E-state index in [0.29, 0.717) is 23.2 Å². The second-order valence-corrected chi connectivity index (χ2v) is 8.66. The molecule has 0 atom stereocenters. The van der Waals surface area contributed by atoms with Crippen molar-refractivity contribution in [2.24, 2.45) is 0 Å². The lowest BCUT2D eigenvalue weighted by Gasteiger charge is -2.19. The molecule has 1 N–H and O–H groups in total. The van der Waals surface area contributed by atoms with Gasteiger partial charge in [-0.05, 0) is 52.9 Å². The zero-order valence-corrected chi connectivity index (χ0v) is 17.9. The Morgan fingerprint density at radius 1 is 0.968 bits per heavy atom. The van der Waals surface area contributed by atoms with Crippen LogP contribution in [0.4, 0.5) is 5.69 Å². The molecule has 0 fully saturated rings. The molecule has 0 aliphatic carbocycles. The molecular formula is C26H25N3O2. The average Bonchev–Trinajstić information content (AvgIpc) is 2.76. The maximum Gasteiger partial charge on any atom is 0.258 e. The maximum atomic E-state index is 13.0. The minimum atomic E-state index is -0.201. The normalized spacial score (nSPS) is 11.5. The van der Waals surface area contributed by atoms with E-state index < -0.39 is 0 Å². The van der Waals surface area contributed by atoms with Crippen molar-refractivity contribution in [3.8, 4) is 0 Å². The van der Waals surface area contributed by atoms with E-state index in [9.17, 15) is 9.59 Å². The van der Waals surface area contributed by atoms with E-state index in [-0.39, 0.29) is 16.9 Å². The molecule has 31 heavy (non-hydrogen) atoms. The lowest BCUT2D eigenvalue weighted by molar-refractivity contribution is 0.102. The molecule has 5 nitrogen and oxygen atoms in total. The molecule has 0 bridgehead atoms. The number of carbonyl (C=O) groups excluding carboxylic acids is 1. The second-order valence-electron chi connectivity index (χ2n) is 8.66. The van der Waals surface area contributed by atoms with Gasteiger partial charge in [0.25, 0.3) is 11.5 Å². The van der Waals surface area contributed by atoms with Gasteiger partial charge >= 0.3 is 0 Å². The SMILES string of the molecule is CC(C)(C)c1ccc(C(=O)Nc2cccc3c(=O)n(Cc4cccnc4)ccc23)cc1. The predicted molar refractivity (Wildman–Crippen MR) is 125 cm³/mol. The molecule has 0 aliphatic rings. The van der Waals surface area contributed by atoms with E-state index in [1.165, 1.54) is 5.56 Å². The lowest BCUT2D eigenvalue weighted by atomic mass is 9.87. The zero-order valence-electron chi connectivity index (χ0n) is 17.9. The minimum absolute atomic E-state index is 0.0281. The van der Waals surface area contributed by atoms with Gasteiger partial charge in [0.1, 0.15) is 0 Å². The number of nitrogens with one attached hydrogen (secondary N) is 1. The van der Waals surface area contributed by atoms with Crippen molar-refractivity contribution in [3.63, 3.8) is 0 Å². The van der Waals surface area contributed by atoms with Crippen LogP contribution in [0.25, 0.3) is 10.8 Å². The summed E-state index contributed by atoms with van der Waals surface area (Å²) in [6.07, 6.45) is 5.21. The number of benzene rings is 2. The summed E-state index contributed by atoms with van der Waals surface area (Å²) < 4.78 is 1.65. The van der Waals surface area contributed by atoms with Crippen LogP contribution in [-0.4, -0.2) is 15.5 Å². The summed E-state index contributed by atoms with van der Waals surface area (Å²) in [5.41, 5.74) is 3.24. The summed E-state index contributed by atoms with van der Waals surface area (Å²) in [4.78, 5) is 29.9. The van der Waals surface area contributed by atoms with Crippen LogP contribution in [0.2, 0.25) is 0 Å². The van der Waals surface area contributed by atoms with Crippen molar-refractivity contribution in [3.05, 3.63) is 106 Å². The quantitative estimate of drug-likeness (QED) is 0.514. The van der Waals surface area contributed by atoms with Crippen molar-refractivity contribution >= 4 is 22.4 Å². The fourth-order valence-corrected chi connectivity index (χ4v) is 3.56. The van der Waals surface area contributed by atoms with Crippen LogP contribution in [0.3, 0.4) is 0 Å². The number of hydrogen-bond acceptors (Lipinski definition) is 3. The van der Waals surface area contributed by atoms with Crippen LogP contribution in [0.1, 0.15) is 42.3 Å². The topological polar surface area (TPSA) is 64.0 Å². The molecule has 0 aliphatic heterocycles. The van der Waals surface area contributed by atoms with Crippen LogP contribution < -0.4 is 10.9 Å². The number of amides is 1. The number of fused-ring (bicyclic) bond motifs is 1. The van der Waals surface area contributed by atoms with E-state index in [1.807, 2.05) is 48.5 Å². The molecule has 2 aromatic heterocycles. The van der Waals surface area contributed by atoms with Crippen molar-refractivity contribution in [1.82, 2.24) is 9.55 Å².